The van der Waals surface area contributed by atoms with Gasteiger partial charge in [0.2, 0.25) is 0 Å². The second-order valence-electron chi connectivity index (χ2n) is 6.57. The van der Waals surface area contributed by atoms with Crippen LogP contribution >= 0.6 is 12.2 Å². The molecule has 0 aliphatic carbocycles. The molecule has 0 spiro atoms. The van der Waals surface area contributed by atoms with Crippen LogP contribution in [0.2, 0.25) is 0 Å². The van der Waals surface area contributed by atoms with Gasteiger partial charge in [-0.15, -0.1) is 0 Å². The maximum atomic E-state index is 13.4. The highest BCUT2D eigenvalue weighted by Gasteiger charge is 2.25. The third-order valence-corrected chi connectivity index (χ3v) is 6.19. The Kier molecular flexibility index (Phi) is 7.35. The van der Waals surface area contributed by atoms with Gasteiger partial charge in [-0.05, 0) is 49.5 Å². The number of morpholine rings is 1. The lowest BCUT2D eigenvalue weighted by molar-refractivity contribution is 0.122. The van der Waals surface area contributed by atoms with Gasteiger partial charge in [-0.2, -0.15) is 0 Å². The van der Waals surface area contributed by atoms with Crippen molar-refractivity contribution in [2.45, 2.75) is 11.8 Å². The number of hydrogen-bond acceptors (Lipinski definition) is 6. The molecule has 0 radical (unpaired) electrons. The monoisotopic (exact) mass is 450 g/mol. The Labute approximate surface area is 182 Å². The average Bonchev–Trinajstić information content (AvgIpc) is 2.74. The molecule has 2 aromatic carbocycles. The van der Waals surface area contributed by atoms with Crippen molar-refractivity contribution in [1.82, 2.24) is 5.32 Å². The number of nitrogens with one attached hydrogen (secondary N) is 3. The summed E-state index contributed by atoms with van der Waals surface area (Å²) >= 11 is 5.24. The highest BCUT2D eigenvalue weighted by molar-refractivity contribution is 7.93. The Balaban J connectivity index is 2.00. The minimum atomic E-state index is -3.91. The standard InChI is InChI=1S/C20H26N4O4S2/c1-3-21-20(29)22-15-8-9-17(24-10-12-28-13-11-24)19(14-15)30(25,26)23-16-6-4-5-7-18(16)27-2/h4-9,14,23H,3,10-13H2,1-2H3,(H2,21,22,29). The fourth-order valence-corrected chi connectivity index (χ4v) is 4.72. The summed E-state index contributed by atoms with van der Waals surface area (Å²) in [5, 5.41) is 6.46. The first-order valence-corrected chi connectivity index (χ1v) is 11.5. The fourth-order valence-electron chi connectivity index (χ4n) is 3.14. The maximum absolute atomic E-state index is 13.4. The second kappa shape index (κ2) is 9.96. The molecule has 1 aliphatic heterocycles. The smallest absolute Gasteiger partial charge is 0.264 e. The predicted molar refractivity (Wildman–Crippen MR) is 123 cm³/mol. The van der Waals surface area contributed by atoms with Crippen molar-refractivity contribution in [2.75, 3.05) is 54.9 Å². The first kappa shape index (κ1) is 22.1. The minimum absolute atomic E-state index is 0.152. The Morgan fingerprint density at radius 3 is 2.63 bits per heavy atom. The van der Waals surface area contributed by atoms with Gasteiger partial charge in [0.25, 0.3) is 10.0 Å². The highest BCUT2D eigenvalue weighted by atomic mass is 32.2. The van der Waals surface area contributed by atoms with Crippen molar-refractivity contribution in [3.8, 4) is 5.75 Å². The SMILES string of the molecule is CCNC(=S)Nc1ccc(N2CCOCC2)c(S(=O)(=O)Nc2ccccc2OC)c1. The van der Waals surface area contributed by atoms with Gasteiger partial charge in [0.15, 0.2) is 5.11 Å². The van der Waals surface area contributed by atoms with Crippen LogP contribution < -0.4 is 25.0 Å². The van der Waals surface area contributed by atoms with Gasteiger partial charge in [-0.3, -0.25) is 4.72 Å². The number of sulfonamides is 1. The van der Waals surface area contributed by atoms with Crippen LogP contribution in [0.3, 0.4) is 0 Å². The number of benzene rings is 2. The van der Waals surface area contributed by atoms with E-state index in [1.54, 1.807) is 36.4 Å². The van der Waals surface area contributed by atoms with Gasteiger partial charge >= 0.3 is 0 Å². The molecule has 1 saturated heterocycles. The molecule has 162 valence electrons. The molecular weight excluding hydrogens is 424 g/mol. The lowest BCUT2D eigenvalue weighted by Crippen LogP contribution is -2.37. The van der Waals surface area contributed by atoms with Crippen LogP contribution in [0.25, 0.3) is 0 Å². The molecule has 0 bridgehead atoms. The van der Waals surface area contributed by atoms with Crippen molar-refractivity contribution in [3.63, 3.8) is 0 Å². The van der Waals surface area contributed by atoms with Crippen LogP contribution in [-0.4, -0.2) is 53.5 Å². The highest BCUT2D eigenvalue weighted by Crippen LogP contribution is 2.32. The average molecular weight is 451 g/mol. The van der Waals surface area contributed by atoms with E-state index in [0.29, 0.717) is 60.8 Å². The molecule has 1 fully saturated rings. The second-order valence-corrected chi connectivity index (χ2v) is 8.63. The number of para-hydroxylation sites is 2. The van der Waals surface area contributed by atoms with Crippen LogP contribution in [0.5, 0.6) is 5.75 Å². The van der Waals surface area contributed by atoms with Gasteiger partial charge in [-0.25, -0.2) is 8.42 Å². The minimum Gasteiger partial charge on any atom is -0.495 e. The van der Waals surface area contributed by atoms with E-state index >= 15 is 0 Å². The summed E-state index contributed by atoms with van der Waals surface area (Å²) in [5.41, 5.74) is 1.56. The van der Waals surface area contributed by atoms with Crippen molar-refractivity contribution >= 4 is 44.4 Å². The van der Waals surface area contributed by atoms with Crippen LogP contribution in [-0.2, 0) is 14.8 Å². The first-order valence-electron chi connectivity index (χ1n) is 9.62. The van der Waals surface area contributed by atoms with Gasteiger partial charge in [0.1, 0.15) is 10.6 Å². The lowest BCUT2D eigenvalue weighted by Gasteiger charge is -2.30. The summed E-state index contributed by atoms with van der Waals surface area (Å²) in [6.45, 7) is 4.91. The molecule has 1 heterocycles. The summed E-state index contributed by atoms with van der Waals surface area (Å²) in [6, 6.07) is 12.1. The fraction of sp³-hybridized carbons (Fsp3) is 0.350. The van der Waals surface area contributed by atoms with Gasteiger partial charge in [-0.1, -0.05) is 12.1 Å². The normalized spacial score (nSPS) is 14.1. The van der Waals surface area contributed by atoms with Crippen molar-refractivity contribution in [2.24, 2.45) is 0 Å². The lowest BCUT2D eigenvalue weighted by atomic mass is 10.2. The van der Waals surface area contributed by atoms with E-state index in [0.717, 1.165) is 0 Å². The molecule has 3 rings (SSSR count). The zero-order valence-electron chi connectivity index (χ0n) is 17.0. The largest absolute Gasteiger partial charge is 0.495 e. The Bertz CT molecular complexity index is 992. The van der Waals surface area contributed by atoms with Crippen molar-refractivity contribution in [3.05, 3.63) is 42.5 Å². The third-order valence-electron chi connectivity index (χ3n) is 4.55. The van der Waals surface area contributed by atoms with Crippen LogP contribution in [0.15, 0.2) is 47.4 Å². The molecular formula is C20H26N4O4S2. The molecule has 0 unspecified atom stereocenters. The van der Waals surface area contributed by atoms with E-state index in [1.165, 1.54) is 7.11 Å². The molecule has 0 amide bonds. The number of thiocarbonyl (C=S) groups is 1. The van der Waals surface area contributed by atoms with E-state index in [2.05, 4.69) is 15.4 Å². The van der Waals surface area contributed by atoms with Crippen LogP contribution in [0, 0.1) is 0 Å². The van der Waals surface area contributed by atoms with Crippen molar-refractivity contribution < 1.29 is 17.9 Å². The number of nitrogens with zero attached hydrogens (tertiary/aromatic N) is 1. The van der Waals surface area contributed by atoms with E-state index in [4.69, 9.17) is 21.7 Å². The summed E-state index contributed by atoms with van der Waals surface area (Å²) in [6.07, 6.45) is 0. The molecule has 10 heteroatoms. The summed E-state index contributed by atoms with van der Waals surface area (Å²) in [7, 11) is -2.41. The number of hydrogen-bond donors (Lipinski definition) is 3. The quantitative estimate of drug-likeness (QED) is 0.555. The molecule has 8 nitrogen and oxygen atoms in total. The zero-order chi connectivity index (χ0) is 21.6. The molecule has 0 saturated carbocycles. The summed E-state index contributed by atoms with van der Waals surface area (Å²) in [5.74, 6) is 0.441. The molecule has 30 heavy (non-hydrogen) atoms. The van der Waals surface area contributed by atoms with Crippen LogP contribution in [0.4, 0.5) is 17.1 Å². The zero-order valence-corrected chi connectivity index (χ0v) is 18.6. The Hall–Kier alpha value is -2.56. The van der Waals surface area contributed by atoms with Gasteiger partial charge in [0, 0.05) is 25.3 Å². The van der Waals surface area contributed by atoms with E-state index in [9.17, 15) is 8.42 Å². The van der Waals surface area contributed by atoms with Crippen LogP contribution in [0.1, 0.15) is 6.92 Å². The molecule has 2 aromatic rings. The number of rotatable bonds is 7. The topological polar surface area (TPSA) is 91.9 Å². The van der Waals surface area contributed by atoms with Crippen molar-refractivity contribution in [1.29, 1.82) is 0 Å². The summed E-state index contributed by atoms with van der Waals surface area (Å²) < 4.78 is 40.1. The Morgan fingerprint density at radius 2 is 1.93 bits per heavy atom. The molecule has 0 aromatic heterocycles. The maximum Gasteiger partial charge on any atom is 0.264 e. The molecule has 1 aliphatic rings. The first-order chi connectivity index (χ1) is 14.4. The number of ether oxygens (including phenoxy) is 2. The van der Waals surface area contributed by atoms with E-state index < -0.39 is 10.0 Å². The third kappa shape index (κ3) is 5.32. The van der Waals surface area contributed by atoms with Gasteiger partial charge < -0.3 is 25.0 Å². The predicted octanol–water partition coefficient (Wildman–Crippen LogP) is 2.64. The molecule has 0 atom stereocenters. The Morgan fingerprint density at radius 1 is 1.20 bits per heavy atom. The number of methoxy groups -OCH3 is 1. The van der Waals surface area contributed by atoms with E-state index in [1.807, 2.05) is 17.9 Å². The molecule has 3 N–H and O–H groups in total. The number of anilines is 3. The summed E-state index contributed by atoms with van der Waals surface area (Å²) in [4.78, 5) is 2.16. The van der Waals surface area contributed by atoms with E-state index in [-0.39, 0.29) is 4.90 Å². The van der Waals surface area contributed by atoms with Gasteiger partial charge in [0.05, 0.1) is 31.7 Å².